The summed E-state index contributed by atoms with van der Waals surface area (Å²) in [7, 11) is 0. The Morgan fingerprint density at radius 3 is 2.67 bits per heavy atom. The number of rotatable bonds is 2. The normalized spacial score (nSPS) is 25.5. The Hall–Kier alpha value is -0.860. The quantitative estimate of drug-likeness (QED) is 0.784. The van der Waals surface area contributed by atoms with Gasteiger partial charge in [-0.1, -0.05) is 23.7 Å². The fraction of sp³-hybridized carbons (Fsp3) is 0.417. The number of hydrogen-bond acceptors (Lipinski definition) is 2. The molecule has 1 aromatic carbocycles. The molecule has 80 valence electrons. The highest BCUT2D eigenvalue weighted by atomic mass is 35.5. The summed E-state index contributed by atoms with van der Waals surface area (Å²) in [6.45, 7) is 0. The van der Waals surface area contributed by atoms with Crippen molar-refractivity contribution in [2.24, 2.45) is 11.7 Å². The molecule has 15 heavy (non-hydrogen) atoms. The van der Waals surface area contributed by atoms with Gasteiger partial charge in [0.25, 0.3) is 0 Å². The standard InChI is InChI=1S/C12H14ClNO/c13-11-4-2-1-3-10(11)12(15)8-5-6-9(14)7-8/h1-4,8-9H,5-7,14H2. The van der Waals surface area contributed by atoms with E-state index < -0.39 is 0 Å². The second-order valence-electron chi connectivity index (χ2n) is 4.11. The minimum atomic E-state index is 0.0694. The van der Waals surface area contributed by atoms with Crippen LogP contribution in [0.5, 0.6) is 0 Å². The molecule has 2 atom stereocenters. The average Bonchev–Trinajstić information content (AvgIpc) is 2.65. The minimum absolute atomic E-state index is 0.0694. The molecule has 0 radical (unpaired) electrons. The van der Waals surface area contributed by atoms with E-state index in [1.807, 2.05) is 12.1 Å². The van der Waals surface area contributed by atoms with Crippen molar-refractivity contribution in [3.8, 4) is 0 Å². The first-order chi connectivity index (χ1) is 7.18. The van der Waals surface area contributed by atoms with E-state index in [2.05, 4.69) is 0 Å². The molecule has 0 saturated heterocycles. The molecule has 0 spiro atoms. The molecule has 0 aromatic heterocycles. The van der Waals surface area contributed by atoms with Crippen LogP contribution in [0.2, 0.25) is 5.02 Å². The Labute approximate surface area is 94.4 Å². The molecule has 2 rings (SSSR count). The molecule has 3 heteroatoms. The van der Waals surface area contributed by atoms with E-state index in [1.54, 1.807) is 12.1 Å². The summed E-state index contributed by atoms with van der Waals surface area (Å²) in [4.78, 5) is 12.1. The first kappa shape index (κ1) is 10.7. The van der Waals surface area contributed by atoms with Crippen LogP contribution in [0.3, 0.4) is 0 Å². The Kier molecular flexibility index (Phi) is 3.08. The number of ketones is 1. The molecule has 1 saturated carbocycles. The fourth-order valence-electron chi connectivity index (χ4n) is 2.14. The van der Waals surface area contributed by atoms with E-state index in [9.17, 15) is 4.79 Å². The van der Waals surface area contributed by atoms with E-state index in [1.165, 1.54) is 0 Å². The van der Waals surface area contributed by atoms with Crippen molar-refractivity contribution < 1.29 is 4.79 Å². The van der Waals surface area contributed by atoms with Crippen molar-refractivity contribution in [3.05, 3.63) is 34.9 Å². The first-order valence-corrected chi connectivity index (χ1v) is 5.60. The minimum Gasteiger partial charge on any atom is -0.328 e. The molecule has 0 aliphatic heterocycles. The highest BCUT2D eigenvalue weighted by Crippen LogP contribution is 2.29. The van der Waals surface area contributed by atoms with Gasteiger partial charge >= 0.3 is 0 Å². The van der Waals surface area contributed by atoms with Gasteiger partial charge in [0.05, 0.1) is 5.02 Å². The summed E-state index contributed by atoms with van der Waals surface area (Å²) in [5.41, 5.74) is 6.43. The predicted molar refractivity (Wildman–Crippen MR) is 61.1 cm³/mol. The molecule has 1 aromatic rings. The van der Waals surface area contributed by atoms with Gasteiger partial charge < -0.3 is 5.73 Å². The second kappa shape index (κ2) is 4.33. The maximum Gasteiger partial charge on any atom is 0.167 e. The van der Waals surface area contributed by atoms with Crippen molar-refractivity contribution in [3.63, 3.8) is 0 Å². The third kappa shape index (κ3) is 2.21. The number of Topliss-reactive ketones (excluding diaryl/α,β-unsaturated/α-hetero) is 1. The van der Waals surface area contributed by atoms with Crippen molar-refractivity contribution in [2.75, 3.05) is 0 Å². The lowest BCUT2D eigenvalue weighted by molar-refractivity contribution is 0.0922. The number of halogens is 1. The Morgan fingerprint density at radius 2 is 2.07 bits per heavy atom. The molecule has 1 aliphatic carbocycles. The van der Waals surface area contributed by atoms with Crippen LogP contribution >= 0.6 is 11.6 Å². The van der Waals surface area contributed by atoms with Crippen LogP contribution in [0, 0.1) is 5.92 Å². The van der Waals surface area contributed by atoms with E-state index in [4.69, 9.17) is 17.3 Å². The molecule has 2 N–H and O–H groups in total. The van der Waals surface area contributed by atoms with Gasteiger partial charge in [-0.2, -0.15) is 0 Å². The van der Waals surface area contributed by atoms with Crippen LogP contribution in [0.15, 0.2) is 24.3 Å². The summed E-state index contributed by atoms with van der Waals surface area (Å²) in [6.07, 6.45) is 2.64. The molecule has 1 fully saturated rings. The zero-order chi connectivity index (χ0) is 10.8. The van der Waals surface area contributed by atoms with Crippen LogP contribution in [-0.2, 0) is 0 Å². The lowest BCUT2D eigenvalue weighted by atomic mass is 9.96. The molecule has 0 heterocycles. The number of nitrogens with two attached hydrogens (primary N) is 1. The van der Waals surface area contributed by atoms with Gasteiger partial charge in [0.1, 0.15) is 0 Å². The molecule has 0 bridgehead atoms. The van der Waals surface area contributed by atoms with Crippen LogP contribution in [-0.4, -0.2) is 11.8 Å². The van der Waals surface area contributed by atoms with Crippen LogP contribution in [0.1, 0.15) is 29.6 Å². The zero-order valence-electron chi connectivity index (χ0n) is 8.45. The van der Waals surface area contributed by atoms with E-state index in [-0.39, 0.29) is 17.7 Å². The molecule has 2 nitrogen and oxygen atoms in total. The van der Waals surface area contributed by atoms with Gasteiger partial charge in [0.2, 0.25) is 0 Å². The number of carbonyl (C=O) groups is 1. The molecular formula is C12H14ClNO. The zero-order valence-corrected chi connectivity index (χ0v) is 9.20. The van der Waals surface area contributed by atoms with Crippen molar-refractivity contribution in [1.29, 1.82) is 0 Å². The molecule has 0 amide bonds. The Morgan fingerprint density at radius 1 is 1.33 bits per heavy atom. The topological polar surface area (TPSA) is 43.1 Å². The predicted octanol–water partition coefficient (Wildman–Crippen LogP) is 2.65. The van der Waals surface area contributed by atoms with Gasteiger partial charge in [0, 0.05) is 17.5 Å². The van der Waals surface area contributed by atoms with Gasteiger partial charge in [-0.3, -0.25) is 4.79 Å². The third-order valence-electron chi connectivity index (χ3n) is 2.98. The SMILES string of the molecule is NC1CCC(C(=O)c2ccccc2Cl)C1. The van der Waals surface area contributed by atoms with Gasteiger partial charge in [0.15, 0.2) is 5.78 Å². The molecule has 1 aliphatic rings. The van der Waals surface area contributed by atoms with Crippen molar-refractivity contribution in [1.82, 2.24) is 0 Å². The highest BCUT2D eigenvalue weighted by molar-refractivity contribution is 6.34. The monoisotopic (exact) mass is 223 g/mol. The first-order valence-electron chi connectivity index (χ1n) is 5.23. The van der Waals surface area contributed by atoms with Crippen molar-refractivity contribution in [2.45, 2.75) is 25.3 Å². The number of benzene rings is 1. The largest absolute Gasteiger partial charge is 0.328 e. The summed E-state index contributed by atoms with van der Waals surface area (Å²) in [5, 5.41) is 0.544. The average molecular weight is 224 g/mol. The summed E-state index contributed by atoms with van der Waals surface area (Å²) in [5.74, 6) is 0.216. The maximum atomic E-state index is 12.1. The van der Waals surface area contributed by atoms with Gasteiger partial charge in [-0.25, -0.2) is 0 Å². The van der Waals surface area contributed by atoms with E-state index in [0.29, 0.717) is 10.6 Å². The highest BCUT2D eigenvalue weighted by Gasteiger charge is 2.29. The maximum absolute atomic E-state index is 12.1. The van der Waals surface area contributed by atoms with Crippen LogP contribution in [0.25, 0.3) is 0 Å². The van der Waals surface area contributed by atoms with E-state index >= 15 is 0 Å². The summed E-state index contributed by atoms with van der Waals surface area (Å²) in [6, 6.07) is 7.40. The molecular weight excluding hydrogens is 210 g/mol. The fourth-order valence-corrected chi connectivity index (χ4v) is 2.36. The smallest absolute Gasteiger partial charge is 0.167 e. The lowest BCUT2D eigenvalue weighted by Crippen LogP contribution is -2.18. The number of carbonyl (C=O) groups excluding carboxylic acids is 1. The van der Waals surface area contributed by atoms with Crippen molar-refractivity contribution >= 4 is 17.4 Å². The third-order valence-corrected chi connectivity index (χ3v) is 3.31. The van der Waals surface area contributed by atoms with Crippen LogP contribution < -0.4 is 5.73 Å². The van der Waals surface area contributed by atoms with E-state index in [0.717, 1.165) is 19.3 Å². The summed E-state index contributed by atoms with van der Waals surface area (Å²) < 4.78 is 0. The Balaban J connectivity index is 2.18. The summed E-state index contributed by atoms with van der Waals surface area (Å²) >= 11 is 5.98. The number of hydrogen-bond donors (Lipinski definition) is 1. The lowest BCUT2D eigenvalue weighted by Gasteiger charge is -2.09. The molecule has 2 unspecified atom stereocenters. The Bertz CT molecular complexity index is 378. The van der Waals surface area contributed by atoms with Crippen LogP contribution in [0.4, 0.5) is 0 Å². The van der Waals surface area contributed by atoms with Gasteiger partial charge in [-0.15, -0.1) is 0 Å². The second-order valence-corrected chi connectivity index (χ2v) is 4.52. The van der Waals surface area contributed by atoms with Gasteiger partial charge in [-0.05, 0) is 31.4 Å².